The monoisotopic (exact) mass is 357 g/mol. The molecule has 2 aromatic carbocycles. The Morgan fingerprint density at radius 2 is 1.83 bits per heavy atom. The molecular formula is C16H15ClF3N3O. The molecule has 0 fully saturated rings. The zero-order valence-corrected chi connectivity index (χ0v) is 13.5. The molecule has 3 aromatic rings. The first kappa shape index (κ1) is 17.9. The summed E-state index contributed by atoms with van der Waals surface area (Å²) >= 11 is 0. The fraction of sp³-hybridized carbons (Fsp3) is 0.188. The maximum atomic E-state index is 12.8. The Balaban J connectivity index is 0.00000208. The number of imidazole rings is 1. The van der Waals surface area contributed by atoms with E-state index in [4.69, 9.17) is 4.74 Å². The lowest BCUT2D eigenvalue weighted by Gasteiger charge is -2.08. The van der Waals surface area contributed by atoms with Crippen LogP contribution in [0.25, 0.3) is 11.0 Å². The van der Waals surface area contributed by atoms with Gasteiger partial charge in [-0.15, -0.1) is 12.4 Å². The van der Waals surface area contributed by atoms with Gasteiger partial charge in [-0.2, -0.15) is 13.2 Å². The minimum Gasteiger partial charge on any atom is -0.497 e. The molecule has 0 atom stereocenters. The summed E-state index contributed by atoms with van der Waals surface area (Å²) in [5.74, 6) is -0.246. The number of alkyl halides is 3. The first-order valence-electron chi connectivity index (χ1n) is 6.90. The highest BCUT2D eigenvalue weighted by atomic mass is 35.5. The van der Waals surface area contributed by atoms with Crippen LogP contribution in [0, 0.1) is 0 Å². The van der Waals surface area contributed by atoms with Gasteiger partial charge in [0, 0.05) is 6.54 Å². The number of fused-ring (bicyclic) bond motifs is 1. The van der Waals surface area contributed by atoms with Gasteiger partial charge < -0.3 is 15.0 Å². The van der Waals surface area contributed by atoms with Crippen LogP contribution in [0.3, 0.4) is 0 Å². The molecular weight excluding hydrogens is 343 g/mol. The molecule has 1 heterocycles. The van der Waals surface area contributed by atoms with Gasteiger partial charge in [0.2, 0.25) is 5.82 Å². The Bertz CT molecular complexity index is 816. The van der Waals surface area contributed by atoms with E-state index in [-0.39, 0.29) is 17.9 Å². The van der Waals surface area contributed by atoms with Crippen LogP contribution in [-0.4, -0.2) is 17.1 Å². The van der Waals surface area contributed by atoms with Crippen LogP contribution in [0.15, 0.2) is 42.5 Å². The number of nitrogens with one attached hydrogen (secondary N) is 2. The minimum atomic E-state index is -4.49. The number of nitrogens with zero attached hydrogens (tertiary/aromatic N) is 1. The molecule has 1 aromatic heterocycles. The number of H-pyrrole nitrogens is 1. The molecule has 2 N–H and O–H groups in total. The van der Waals surface area contributed by atoms with Gasteiger partial charge in [0.05, 0.1) is 18.3 Å². The number of hydrogen-bond donors (Lipinski definition) is 2. The topological polar surface area (TPSA) is 49.9 Å². The van der Waals surface area contributed by atoms with Crippen molar-refractivity contribution in [2.75, 3.05) is 12.4 Å². The van der Waals surface area contributed by atoms with Crippen LogP contribution in [0.2, 0.25) is 0 Å². The Morgan fingerprint density at radius 1 is 1.12 bits per heavy atom. The van der Waals surface area contributed by atoms with E-state index >= 15 is 0 Å². The molecule has 0 amide bonds. The van der Waals surface area contributed by atoms with Crippen molar-refractivity contribution in [1.29, 1.82) is 0 Å². The lowest BCUT2D eigenvalue weighted by molar-refractivity contribution is -0.144. The molecule has 128 valence electrons. The normalized spacial score (nSPS) is 11.2. The van der Waals surface area contributed by atoms with Crippen molar-refractivity contribution in [2.24, 2.45) is 0 Å². The average molecular weight is 358 g/mol. The van der Waals surface area contributed by atoms with Gasteiger partial charge in [-0.25, -0.2) is 4.98 Å². The Labute approximate surface area is 142 Å². The third-order valence-electron chi connectivity index (χ3n) is 3.42. The molecule has 0 unspecified atom stereocenters. The maximum Gasteiger partial charge on any atom is 0.449 e. The number of aromatic amines is 1. The molecule has 0 aliphatic rings. The Morgan fingerprint density at radius 3 is 2.46 bits per heavy atom. The number of ether oxygens (including phenoxy) is 1. The predicted molar refractivity (Wildman–Crippen MR) is 88.7 cm³/mol. The first-order valence-corrected chi connectivity index (χ1v) is 6.90. The number of halogens is 4. The lowest BCUT2D eigenvalue weighted by atomic mass is 10.2. The number of methoxy groups -OCH3 is 1. The molecule has 0 aliphatic heterocycles. The van der Waals surface area contributed by atoms with Crippen LogP contribution >= 0.6 is 12.4 Å². The molecule has 3 rings (SSSR count). The van der Waals surface area contributed by atoms with E-state index in [1.165, 1.54) is 0 Å². The quantitative estimate of drug-likeness (QED) is 0.716. The zero-order valence-electron chi connectivity index (χ0n) is 12.6. The van der Waals surface area contributed by atoms with Gasteiger partial charge in [-0.3, -0.25) is 0 Å². The lowest BCUT2D eigenvalue weighted by Crippen LogP contribution is -2.07. The summed E-state index contributed by atoms with van der Waals surface area (Å²) < 4.78 is 43.3. The fourth-order valence-corrected chi connectivity index (χ4v) is 2.25. The number of hydrogen-bond acceptors (Lipinski definition) is 3. The van der Waals surface area contributed by atoms with Crippen molar-refractivity contribution in [3.8, 4) is 5.75 Å². The molecule has 0 aliphatic carbocycles. The second-order valence-electron chi connectivity index (χ2n) is 4.99. The molecule has 4 nitrogen and oxygen atoms in total. The van der Waals surface area contributed by atoms with E-state index < -0.39 is 12.0 Å². The highest BCUT2D eigenvalue weighted by Crippen LogP contribution is 2.31. The Kier molecular flexibility index (Phi) is 5.23. The van der Waals surface area contributed by atoms with E-state index in [9.17, 15) is 13.2 Å². The number of rotatable bonds is 4. The standard InChI is InChI=1S/C16H14F3N3O.ClH/c1-23-11-7-5-10(6-8-11)9-20-12-3-2-4-13-14(12)22-15(21-13)16(17,18)19;/h2-8,20H,9H2,1H3,(H,21,22);1H. The van der Waals surface area contributed by atoms with Gasteiger partial charge in [-0.05, 0) is 29.8 Å². The molecule has 0 radical (unpaired) electrons. The van der Waals surface area contributed by atoms with Crippen molar-refractivity contribution in [3.05, 3.63) is 53.9 Å². The summed E-state index contributed by atoms with van der Waals surface area (Å²) in [6.07, 6.45) is -4.49. The van der Waals surface area contributed by atoms with E-state index in [1.54, 1.807) is 25.3 Å². The highest BCUT2D eigenvalue weighted by molar-refractivity contribution is 5.88. The number of anilines is 1. The van der Waals surface area contributed by atoms with E-state index in [0.717, 1.165) is 11.3 Å². The SMILES string of the molecule is COc1ccc(CNc2cccc3[nH]c(C(F)(F)F)nc23)cc1.Cl. The molecule has 0 saturated carbocycles. The van der Waals surface area contributed by atoms with Gasteiger partial charge in [0.1, 0.15) is 11.3 Å². The average Bonchev–Trinajstić information content (AvgIpc) is 2.98. The molecule has 0 bridgehead atoms. The highest BCUT2D eigenvalue weighted by Gasteiger charge is 2.35. The molecule has 24 heavy (non-hydrogen) atoms. The van der Waals surface area contributed by atoms with Crippen LogP contribution < -0.4 is 10.1 Å². The Hall–Kier alpha value is -2.41. The first-order chi connectivity index (χ1) is 11.0. The van der Waals surface area contributed by atoms with E-state index in [1.807, 2.05) is 24.3 Å². The summed E-state index contributed by atoms with van der Waals surface area (Å²) in [7, 11) is 1.59. The number of para-hydroxylation sites is 1. The molecule has 8 heteroatoms. The number of aromatic nitrogens is 2. The zero-order chi connectivity index (χ0) is 16.4. The third kappa shape index (κ3) is 3.73. The maximum absolute atomic E-state index is 12.8. The third-order valence-corrected chi connectivity index (χ3v) is 3.42. The van der Waals surface area contributed by atoms with Gasteiger partial charge in [0.25, 0.3) is 0 Å². The summed E-state index contributed by atoms with van der Waals surface area (Å²) in [5.41, 5.74) is 2.14. The van der Waals surface area contributed by atoms with Crippen molar-refractivity contribution in [3.63, 3.8) is 0 Å². The van der Waals surface area contributed by atoms with Gasteiger partial charge in [0.15, 0.2) is 0 Å². The minimum absolute atomic E-state index is 0. The van der Waals surface area contributed by atoms with Gasteiger partial charge in [-0.1, -0.05) is 18.2 Å². The van der Waals surface area contributed by atoms with Crippen LogP contribution in [0.4, 0.5) is 18.9 Å². The van der Waals surface area contributed by atoms with Crippen molar-refractivity contribution < 1.29 is 17.9 Å². The predicted octanol–water partition coefficient (Wildman–Crippen LogP) is 4.62. The second-order valence-corrected chi connectivity index (χ2v) is 4.99. The van der Waals surface area contributed by atoms with Gasteiger partial charge >= 0.3 is 6.18 Å². The number of benzene rings is 2. The van der Waals surface area contributed by atoms with Crippen molar-refractivity contribution in [2.45, 2.75) is 12.7 Å². The van der Waals surface area contributed by atoms with Crippen molar-refractivity contribution in [1.82, 2.24) is 9.97 Å². The molecule has 0 saturated heterocycles. The fourth-order valence-electron chi connectivity index (χ4n) is 2.25. The second kappa shape index (κ2) is 7.00. The van der Waals surface area contributed by atoms with Crippen LogP contribution in [0.5, 0.6) is 5.75 Å². The van der Waals surface area contributed by atoms with Crippen LogP contribution in [0.1, 0.15) is 11.4 Å². The largest absolute Gasteiger partial charge is 0.497 e. The smallest absolute Gasteiger partial charge is 0.449 e. The van der Waals surface area contributed by atoms with Crippen LogP contribution in [-0.2, 0) is 12.7 Å². The summed E-state index contributed by atoms with van der Waals surface area (Å²) in [6.45, 7) is 0.470. The van der Waals surface area contributed by atoms with E-state index in [2.05, 4.69) is 15.3 Å². The summed E-state index contributed by atoms with van der Waals surface area (Å²) in [5, 5.41) is 3.12. The molecule has 0 spiro atoms. The summed E-state index contributed by atoms with van der Waals surface area (Å²) in [4.78, 5) is 5.96. The van der Waals surface area contributed by atoms with E-state index in [0.29, 0.717) is 17.7 Å². The summed E-state index contributed by atoms with van der Waals surface area (Å²) in [6, 6.07) is 12.4. The van der Waals surface area contributed by atoms with Crippen molar-refractivity contribution >= 4 is 29.1 Å².